The Morgan fingerprint density at radius 3 is 2.50 bits per heavy atom. The summed E-state index contributed by atoms with van der Waals surface area (Å²) in [6.07, 6.45) is 0.726. The summed E-state index contributed by atoms with van der Waals surface area (Å²) >= 11 is 7.19. The fraction of sp³-hybridized carbons (Fsp3) is 0. The summed E-state index contributed by atoms with van der Waals surface area (Å²) in [5.74, 6) is 0.536. The molecular formula is C11H9ClN4OS. The number of rotatable bonds is 3. The number of nitrogens with zero attached hydrogens (tertiary/aromatic N) is 2. The lowest BCUT2D eigenvalue weighted by Gasteiger charge is -2.06. The predicted molar refractivity (Wildman–Crippen MR) is 71.8 cm³/mol. The van der Waals surface area contributed by atoms with Gasteiger partial charge in [-0.05, 0) is 17.8 Å². The van der Waals surface area contributed by atoms with Gasteiger partial charge < -0.3 is 11.5 Å². The van der Waals surface area contributed by atoms with Crippen molar-refractivity contribution in [2.45, 2.75) is 10.1 Å². The summed E-state index contributed by atoms with van der Waals surface area (Å²) in [5.41, 5.74) is 11.6. The van der Waals surface area contributed by atoms with E-state index in [0.717, 1.165) is 18.0 Å². The normalized spacial score (nSPS) is 10.3. The third kappa shape index (κ3) is 2.72. The summed E-state index contributed by atoms with van der Waals surface area (Å²) in [5, 5.41) is 0.804. The van der Waals surface area contributed by atoms with Crippen LogP contribution in [-0.2, 0) is 0 Å². The monoisotopic (exact) mass is 280 g/mol. The summed E-state index contributed by atoms with van der Waals surface area (Å²) in [6.45, 7) is 0. The summed E-state index contributed by atoms with van der Waals surface area (Å²) in [7, 11) is 0. The second-order valence-corrected chi connectivity index (χ2v) is 4.76. The molecule has 0 atom stereocenters. The Morgan fingerprint density at radius 2 is 1.89 bits per heavy atom. The first kappa shape index (κ1) is 12.7. The second-order valence-electron chi connectivity index (χ2n) is 3.38. The van der Waals surface area contributed by atoms with Crippen LogP contribution in [-0.4, -0.2) is 16.3 Å². The molecule has 0 fully saturated rings. The zero-order valence-electron chi connectivity index (χ0n) is 9.13. The molecule has 0 bridgehead atoms. The fourth-order valence-electron chi connectivity index (χ4n) is 1.32. The molecule has 7 heteroatoms. The first-order chi connectivity index (χ1) is 8.60. The number of benzene rings is 1. The van der Waals surface area contributed by atoms with E-state index >= 15 is 0 Å². The van der Waals surface area contributed by atoms with Gasteiger partial charge in [0.25, 0.3) is 0 Å². The number of carbonyl (C=O) groups is 1. The van der Waals surface area contributed by atoms with Gasteiger partial charge in [-0.1, -0.05) is 23.7 Å². The molecule has 0 aliphatic carbocycles. The SMILES string of the molecule is Nc1cc(N)nc(Sc2c(Cl)cccc2C=O)n1. The Balaban J connectivity index is 2.42. The van der Waals surface area contributed by atoms with Crippen LogP contribution in [0.2, 0.25) is 5.02 Å². The van der Waals surface area contributed by atoms with Gasteiger partial charge in [-0.3, -0.25) is 4.79 Å². The molecule has 0 saturated heterocycles. The van der Waals surface area contributed by atoms with E-state index in [4.69, 9.17) is 23.1 Å². The molecule has 4 N–H and O–H groups in total. The van der Waals surface area contributed by atoms with Crippen molar-refractivity contribution in [2.24, 2.45) is 0 Å². The van der Waals surface area contributed by atoms with Crippen LogP contribution >= 0.6 is 23.4 Å². The average Bonchev–Trinajstić information content (AvgIpc) is 2.30. The number of aldehydes is 1. The third-order valence-corrected chi connectivity index (χ3v) is 3.51. The minimum atomic E-state index is 0.268. The second kappa shape index (κ2) is 5.24. The van der Waals surface area contributed by atoms with Gasteiger partial charge in [0, 0.05) is 16.5 Å². The van der Waals surface area contributed by atoms with Crippen LogP contribution in [0.4, 0.5) is 11.6 Å². The van der Waals surface area contributed by atoms with Crippen LogP contribution in [0, 0.1) is 0 Å². The van der Waals surface area contributed by atoms with Crippen LogP contribution in [0.15, 0.2) is 34.3 Å². The first-order valence-corrected chi connectivity index (χ1v) is 6.11. The van der Waals surface area contributed by atoms with Gasteiger partial charge >= 0.3 is 0 Å². The van der Waals surface area contributed by atoms with Gasteiger partial charge in [0.2, 0.25) is 0 Å². The quantitative estimate of drug-likeness (QED) is 0.661. The highest BCUT2D eigenvalue weighted by atomic mass is 35.5. The Morgan fingerprint density at radius 1 is 1.22 bits per heavy atom. The van der Waals surface area contributed by atoms with Gasteiger partial charge in [0.05, 0.1) is 5.02 Å². The van der Waals surface area contributed by atoms with Crippen molar-refractivity contribution in [3.63, 3.8) is 0 Å². The molecule has 1 heterocycles. The van der Waals surface area contributed by atoms with Gasteiger partial charge in [-0.25, -0.2) is 9.97 Å². The van der Waals surface area contributed by atoms with Gasteiger partial charge in [-0.15, -0.1) is 0 Å². The number of carbonyl (C=O) groups excluding carboxylic acids is 1. The third-order valence-electron chi connectivity index (χ3n) is 2.06. The molecule has 2 aromatic rings. The van der Waals surface area contributed by atoms with Crippen LogP contribution in [0.1, 0.15) is 10.4 Å². The van der Waals surface area contributed by atoms with Crippen molar-refractivity contribution in [3.05, 3.63) is 34.9 Å². The van der Waals surface area contributed by atoms with Crippen molar-refractivity contribution in [3.8, 4) is 0 Å². The Kier molecular flexibility index (Phi) is 3.69. The standard InChI is InChI=1S/C11H9ClN4OS/c12-7-3-1-2-6(5-17)10(7)18-11-15-8(13)4-9(14)16-11/h1-5H,(H4,13,14,15,16). The number of nitrogens with two attached hydrogens (primary N) is 2. The highest BCUT2D eigenvalue weighted by molar-refractivity contribution is 7.99. The zero-order valence-corrected chi connectivity index (χ0v) is 10.7. The molecule has 1 aromatic carbocycles. The smallest absolute Gasteiger partial charge is 0.196 e. The number of hydrogen-bond acceptors (Lipinski definition) is 6. The van der Waals surface area contributed by atoms with E-state index in [1.54, 1.807) is 18.2 Å². The number of halogens is 1. The maximum absolute atomic E-state index is 10.9. The Hall–Kier alpha value is -1.79. The van der Waals surface area contributed by atoms with Crippen molar-refractivity contribution in [1.82, 2.24) is 9.97 Å². The summed E-state index contributed by atoms with van der Waals surface area (Å²) in [4.78, 5) is 19.6. The Bertz CT molecular complexity index is 585. The Labute approximate surface area is 113 Å². The van der Waals surface area contributed by atoms with E-state index < -0.39 is 0 Å². The molecule has 92 valence electrons. The highest BCUT2D eigenvalue weighted by Gasteiger charge is 2.11. The van der Waals surface area contributed by atoms with Crippen molar-refractivity contribution in [1.29, 1.82) is 0 Å². The number of hydrogen-bond donors (Lipinski definition) is 2. The molecule has 0 amide bonds. The number of anilines is 2. The van der Waals surface area contributed by atoms with E-state index in [1.807, 2.05) is 0 Å². The van der Waals surface area contributed by atoms with Gasteiger partial charge in [0.1, 0.15) is 11.6 Å². The molecule has 0 saturated carbocycles. The number of aromatic nitrogens is 2. The highest BCUT2D eigenvalue weighted by Crippen LogP contribution is 2.34. The predicted octanol–water partition coefficient (Wildman–Crippen LogP) is 2.26. The van der Waals surface area contributed by atoms with E-state index in [-0.39, 0.29) is 11.6 Å². The summed E-state index contributed by atoms with van der Waals surface area (Å²) < 4.78 is 0. The largest absolute Gasteiger partial charge is 0.383 e. The van der Waals surface area contributed by atoms with Crippen LogP contribution in [0.3, 0.4) is 0 Å². The topological polar surface area (TPSA) is 94.9 Å². The van der Waals surface area contributed by atoms with E-state index in [9.17, 15) is 4.79 Å². The molecule has 0 aliphatic heterocycles. The number of nitrogen functional groups attached to an aromatic ring is 2. The maximum Gasteiger partial charge on any atom is 0.196 e. The molecule has 0 unspecified atom stereocenters. The van der Waals surface area contributed by atoms with Crippen LogP contribution in [0.25, 0.3) is 0 Å². The first-order valence-electron chi connectivity index (χ1n) is 4.91. The van der Waals surface area contributed by atoms with Crippen molar-refractivity contribution >= 4 is 41.3 Å². The lowest BCUT2D eigenvalue weighted by molar-refractivity contribution is 0.112. The molecule has 1 aromatic heterocycles. The van der Waals surface area contributed by atoms with Crippen molar-refractivity contribution in [2.75, 3.05) is 11.5 Å². The zero-order chi connectivity index (χ0) is 13.1. The lowest BCUT2D eigenvalue weighted by Crippen LogP contribution is -1.99. The minimum Gasteiger partial charge on any atom is -0.383 e. The molecular weight excluding hydrogens is 272 g/mol. The fourth-order valence-corrected chi connectivity index (χ4v) is 2.51. The van der Waals surface area contributed by atoms with Crippen LogP contribution < -0.4 is 11.5 Å². The molecule has 0 radical (unpaired) electrons. The molecule has 0 spiro atoms. The molecule has 2 rings (SSSR count). The average molecular weight is 281 g/mol. The molecule has 0 aliphatic rings. The lowest BCUT2D eigenvalue weighted by atomic mass is 10.2. The van der Waals surface area contributed by atoms with Gasteiger partial charge in [-0.2, -0.15) is 0 Å². The van der Waals surface area contributed by atoms with E-state index in [1.165, 1.54) is 6.07 Å². The van der Waals surface area contributed by atoms with E-state index in [0.29, 0.717) is 20.6 Å². The van der Waals surface area contributed by atoms with Crippen LogP contribution in [0.5, 0.6) is 0 Å². The minimum absolute atomic E-state index is 0.268. The van der Waals surface area contributed by atoms with Gasteiger partial charge in [0.15, 0.2) is 11.4 Å². The molecule has 18 heavy (non-hydrogen) atoms. The summed E-state index contributed by atoms with van der Waals surface area (Å²) in [6, 6.07) is 6.51. The van der Waals surface area contributed by atoms with E-state index in [2.05, 4.69) is 9.97 Å². The maximum atomic E-state index is 10.9. The van der Waals surface area contributed by atoms with Crippen molar-refractivity contribution < 1.29 is 4.79 Å². The molecule has 5 nitrogen and oxygen atoms in total.